The Balaban J connectivity index is 0.00000925. The van der Waals surface area contributed by atoms with Gasteiger partial charge in [0.2, 0.25) is 17.8 Å². The van der Waals surface area contributed by atoms with Gasteiger partial charge in [-0.1, -0.05) is 54.6 Å². The van der Waals surface area contributed by atoms with E-state index in [4.69, 9.17) is 4.55 Å². The Hall–Kier alpha value is -6.40. The number of aromatic hydroxyl groups is 1. The Morgan fingerprint density at radius 3 is 2.08 bits per heavy atom. The molecule has 0 spiro atoms. The van der Waals surface area contributed by atoms with Gasteiger partial charge in [0.1, 0.15) is 16.6 Å². The van der Waals surface area contributed by atoms with E-state index >= 15 is 0 Å². The van der Waals surface area contributed by atoms with Crippen LogP contribution in [0.4, 0.5) is 40.6 Å². The van der Waals surface area contributed by atoms with Gasteiger partial charge in [-0.05, 0) is 36.4 Å². The van der Waals surface area contributed by atoms with Crippen molar-refractivity contribution in [2.75, 3.05) is 40.2 Å². The van der Waals surface area contributed by atoms with Gasteiger partial charge < -0.3 is 44.6 Å². The quantitative estimate of drug-likeness (QED) is 0.00586. The molecule has 5 rings (SSSR count). The molecule has 348 valence electrons. The molecule has 0 aliphatic rings. The number of hydrogen-bond acceptors (Lipinski definition) is 21. The zero-order valence-electron chi connectivity index (χ0n) is 32.3. The number of para-hydroxylation sites is 1. The number of nitrogens with zero attached hydrogens (tertiary/aromatic N) is 9. The SMILES string of the molecule is N#CNc1nc(Nc2cc(S(=O)(=O)O)cc(N=N/C(=N\[N-]c3cc(S(O)(O)O)ccc3C(=O)O)c3ccccc3)c2O)nc(N(CCS(=O)(=O)CCOS(=O)(=O)O)c2ccccc2)n1.[Cu+]. The number of hydrogen-bond donors (Lipinski definition) is 9. The van der Waals surface area contributed by atoms with Crippen molar-refractivity contribution < 1.29 is 84.3 Å². The van der Waals surface area contributed by atoms with E-state index in [0.29, 0.717) is 11.8 Å². The average Bonchev–Trinajstić information content (AvgIpc) is 3.21. The molecule has 31 heteroatoms. The van der Waals surface area contributed by atoms with Crippen molar-refractivity contribution in [3.63, 3.8) is 0 Å². The molecule has 0 saturated heterocycles. The first-order chi connectivity index (χ1) is 30.0. The summed E-state index contributed by atoms with van der Waals surface area (Å²) in [4.78, 5) is 24.2. The smallest absolute Gasteiger partial charge is 0.573 e. The minimum absolute atomic E-state index is 0. The van der Waals surface area contributed by atoms with Gasteiger partial charge in [-0.15, -0.1) is 15.9 Å². The zero-order chi connectivity index (χ0) is 46.9. The predicted octanol–water partition coefficient (Wildman–Crippen LogP) is 5.26. The van der Waals surface area contributed by atoms with E-state index in [1.807, 2.05) is 0 Å². The van der Waals surface area contributed by atoms with Crippen molar-refractivity contribution in [1.82, 2.24) is 15.0 Å². The van der Waals surface area contributed by atoms with Gasteiger partial charge in [-0.3, -0.25) is 14.4 Å². The Labute approximate surface area is 381 Å². The van der Waals surface area contributed by atoms with Crippen LogP contribution in [-0.2, 0) is 51.6 Å². The van der Waals surface area contributed by atoms with E-state index in [1.54, 1.807) is 42.6 Å². The number of aromatic nitrogens is 3. The summed E-state index contributed by atoms with van der Waals surface area (Å²) in [7, 11) is -18.4. The first kappa shape index (κ1) is 51.2. The number of phenolic OH excluding ortho intramolecular Hbond substituents is 1. The predicted molar refractivity (Wildman–Crippen MR) is 228 cm³/mol. The maximum Gasteiger partial charge on any atom is 1.00 e. The van der Waals surface area contributed by atoms with E-state index < -0.39 is 128 Å². The molecular formula is C34H32CuN11O15S4. The molecule has 0 aliphatic heterocycles. The summed E-state index contributed by atoms with van der Waals surface area (Å²) in [5.41, 5.74) is 2.18. The number of nitrogens with one attached hydrogen (secondary N) is 2. The van der Waals surface area contributed by atoms with Crippen LogP contribution in [0.2, 0.25) is 0 Å². The topological polar surface area (TPSA) is 411 Å². The Kier molecular flexibility index (Phi) is 17.0. The van der Waals surface area contributed by atoms with Gasteiger partial charge in [0.25, 0.3) is 10.1 Å². The van der Waals surface area contributed by atoms with E-state index in [2.05, 4.69) is 50.5 Å². The normalized spacial score (nSPS) is 12.5. The Morgan fingerprint density at radius 1 is 0.831 bits per heavy atom. The van der Waals surface area contributed by atoms with Crippen LogP contribution in [-0.4, -0.2) is 110 Å². The van der Waals surface area contributed by atoms with Crippen molar-refractivity contribution >= 4 is 93.6 Å². The molecule has 0 aliphatic carbocycles. The van der Waals surface area contributed by atoms with Gasteiger partial charge in [0.05, 0.1) is 33.6 Å². The largest absolute Gasteiger partial charge is 1.00 e. The minimum Gasteiger partial charge on any atom is -0.573 e. The summed E-state index contributed by atoms with van der Waals surface area (Å²) in [6, 6.07) is 19.7. The van der Waals surface area contributed by atoms with Gasteiger partial charge in [-0.25, -0.2) is 17.4 Å². The van der Waals surface area contributed by atoms with Crippen LogP contribution in [0.5, 0.6) is 5.75 Å². The van der Waals surface area contributed by atoms with Crippen molar-refractivity contribution in [3.8, 4) is 11.9 Å². The average molecular weight is 1030 g/mol. The molecule has 5 aromatic rings. The third kappa shape index (κ3) is 14.8. The number of carbonyl (C=O) groups is 1. The molecule has 65 heavy (non-hydrogen) atoms. The van der Waals surface area contributed by atoms with Crippen LogP contribution in [0.15, 0.2) is 116 Å². The van der Waals surface area contributed by atoms with Gasteiger partial charge in [0, 0.05) is 23.4 Å². The van der Waals surface area contributed by atoms with Crippen LogP contribution < -0.4 is 15.5 Å². The molecule has 0 radical (unpaired) electrons. The van der Waals surface area contributed by atoms with Crippen molar-refractivity contribution in [2.24, 2.45) is 15.3 Å². The van der Waals surface area contributed by atoms with E-state index in [1.165, 1.54) is 29.2 Å². The number of carboxylic acids is 1. The number of nitriles is 1. The van der Waals surface area contributed by atoms with Crippen molar-refractivity contribution in [3.05, 3.63) is 108 Å². The number of benzene rings is 4. The molecule has 1 aromatic heterocycles. The maximum absolute atomic E-state index is 12.8. The fourth-order valence-corrected chi connectivity index (χ4v) is 7.55. The summed E-state index contributed by atoms with van der Waals surface area (Å²) in [5, 5.41) is 47.0. The van der Waals surface area contributed by atoms with E-state index in [0.717, 1.165) is 24.3 Å². The number of azo groups is 1. The van der Waals surface area contributed by atoms with Gasteiger partial charge >= 0.3 is 33.4 Å². The first-order valence-electron chi connectivity index (χ1n) is 17.3. The molecule has 4 aromatic carbocycles. The summed E-state index contributed by atoms with van der Waals surface area (Å²) < 4.78 is 125. The van der Waals surface area contributed by atoms with Crippen molar-refractivity contribution in [2.45, 2.75) is 9.79 Å². The fraction of sp³-hybridized carbons (Fsp3) is 0.118. The number of rotatable bonds is 19. The minimum atomic E-state index is -5.08. The third-order valence-corrected chi connectivity index (χ3v) is 11.8. The van der Waals surface area contributed by atoms with Crippen molar-refractivity contribution in [1.29, 1.82) is 5.26 Å². The number of phenols is 1. The Bertz CT molecular complexity index is 2980. The molecule has 9 N–H and O–H groups in total. The van der Waals surface area contributed by atoms with Crippen LogP contribution in [0.1, 0.15) is 15.9 Å². The second kappa shape index (κ2) is 21.5. The number of aromatic carboxylic acids is 1. The van der Waals surface area contributed by atoms with Crippen LogP contribution in [0, 0.1) is 11.5 Å². The molecule has 0 atom stereocenters. The van der Waals surface area contributed by atoms with Gasteiger partial charge in [0.15, 0.2) is 27.6 Å². The Morgan fingerprint density at radius 2 is 1.48 bits per heavy atom. The van der Waals surface area contributed by atoms with Crippen LogP contribution >= 0.6 is 10.9 Å². The maximum atomic E-state index is 12.8. The summed E-state index contributed by atoms with van der Waals surface area (Å²) in [6.07, 6.45) is 1.60. The molecule has 0 amide bonds. The monoisotopic (exact) mass is 1030 g/mol. The number of sulfone groups is 1. The first-order valence-corrected chi connectivity index (χ1v) is 23.5. The summed E-state index contributed by atoms with van der Waals surface area (Å²) >= 11 is 0. The number of amidine groups is 1. The summed E-state index contributed by atoms with van der Waals surface area (Å²) in [5.74, 6) is -5.53. The molecule has 26 nitrogen and oxygen atoms in total. The molecular weight excluding hydrogens is 994 g/mol. The van der Waals surface area contributed by atoms with Crippen LogP contribution in [0.3, 0.4) is 0 Å². The fourth-order valence-electron chi connectivity index (χ4n) is 5.10. The standard InChI is InChI=1S/C34H33N11O15S4.Cu/c35-20-36-32-38-33(40-34(39-32)45(22-9-5-2-6-10-22)13-15-61(49,50)16-14-60-64(57,58)59)37-27-18-24(63(54,55)56)19-28(29(27)46)42-44-30(21-7-3-1-4-8-21)43-41-26-17-23(62(51,52)53)11-12-25(26)31(47)48;/h1-12,17-19H,13-16H2,(H10,36,37,38,39,40,41,42,43,44,46,47,48,51,52,53,54,55,56,57,58,59);/q;+1/p-1. The zero-order valence-corrected chi connectivity index (χ0v) is 36.6. The van der Waals surface area contributed by atoms with Crippen LogP contribution in [0.25, 0.3) is 5.43 Å². The number of carboxylic acid groups (broad SMARTS) is 1. The third-order valence-electron chi connectivity index (χ3n) is 8.01. The number of anilines is 5. The second-order valence-corrected chi connectivity index (χ2v) is 18.8. The van der Waals surface area contributed by atoms with Gasteiger partial charge in [-0.2, -0.15) is 37.0 Å². The molecule has 0 fully saturated rings. The molecule has 0 bridgehead atoms. The summed E-state index contributed by atoms with van der Waals surface area (Å²) in [6.45, 7) is -1.30. The van der Waals surface area contributed by atoms with E-state index in [9.17, 15) is 63.7 Å². The molecule has 0 saturated carbocycles. The van der Waals surface area contributed by atoms with E-state index in [-0.39, 0.29) is 28.6 Å². The molecule has 1 heterocycles. The molecule has 0 unspecified atom stereocenters. The second-order valence-electron chi connectivity index (χ2n) is 12.4.